The molecule has 0 spiro atoms. The van der Waals surface area contributed by atoms with Crippen molar-refractivity contribution in [1.29, 1.82) is 0 Å². The van der Waals surface area contributed by atoms with Crippen LogP contribution in [0.4, 0.5) is 0 Å². The zero-order chi connectivity index (χ0) is 20.2. The molecule has 0 radical (unpaired) electrons. The highest BCUT2D eigenvalue weighted by Crippen LogP contribution is 2.35. The molecule has 0 amide bonds. The number of allylic oxidation sites excluding steroid dienone is 2. The van der Waals surface area contributed by atoms with Crippen LogP contribution in [0.5, 0.6) is 0 Å². The third kappa shape index (κ3) is 10.3. The molecule has 0 aliphatic rings. The van der Waals surface area contributed by atoms with Crippen LogP contribution in [-0.4, -0.2) is 4.75 Å². The average molecular weight is 392 g/mol. The van der Waals surface area contributed by atoms with E-state index in [0.29, 0.717) is 5.92 Å². The van der Waals surface area contributed by atoms with E-state index >= 15 is 0 Å². The smallest absolute Gasteiger partial charge is 0.0310 e. The van der Waals surface area contributed by atoms with Gasteiger partial charge in [-0.1, -0.05) is 80.1 Å². The SMILES string of the molecule is C=CC.C=CS/C(=C(/C)C(C)CC)c1ccc(CNSC(C)(C)C)cc1. The first-order chi connectivity index (χ1) is 12.2. The van der Waals surface area contributed by atoms with Crippen molar-refractivity contribution in [2.45, 2.75) is 66.2 Å². The molecule has 0 fully saturated rings. The van der Waals surface area contributed by atoms with E-state index in [1.807, 2.05) is 12.3 Å². The molecule has 26 heavy (non-hydrogen) atoms. The van der Waals surface area contributed by atoms with Crippen LogP contribution in [0.2, 0.25) is 0 Å². The van der Waals surface area contributed by atoms with Crippen LogP contribution < -0.4 is 4.72 Å². The molecule has 1 aromatic carbocycles. The van der Waals surface area contributed by atoms with Crippen LogP contribution in [-0.2, 0) is 6.54 Å². The van der Waals surface area contributed by atoms with Crippen LogP contribution in [0, 0.1) is 5.92 Å². The van der Waals surface area contributed by atoms with Crippen molar-refractivity contribution in [2.75, 3.05) is 0 Å². The van der Waals surface area contributed by atoms with Crippen molar-refractivity contribution in [3.05, 3.63) is 65.6 Å². The molecule has 1 N–H and O–H groups in total. The first-order valence-electron chi connectivity index (χ1n) is 9.25. The van der Waals surface area contributed by atoms with Crippen LogP contribution in [0.1, 0.15) is 66.0 Å². The lowest BCUT2D eigenvalue weighted by atomic mass is 9.97. The van der Waals surface area contributed by atoms with Crippen LogP contribution in [0.3, 0.4) is 0 Å². The first-order valence-corrected chi connectivity index (χ1v) is 10.9. The van der Waals surface area contributed by atoms with Crippen LogP contribution in [0.15, 0.2) is 54.5 Å². The molecule has 0 heterocycles. The molecule has 1 nitrogen and oxygen atoms in total. The number of thioether (sulfide) groups is 1. The second kappa shape index (κ2) is 13.3. The Hall–Kier alpha value is -0.900. The predicted molar refractivity (Wildman–Crippen MR) is 126 cm³/mol. The maximum Gasteiger partial charge on any atom is 0.0310 e. The van der Waals surface area contributed by atoms with E-state index < -0.39 is 0 Å². The fourth-order valence-electron chi connectivity index (χ4n) is 2.11. The second-order valence-electron chi connectivity index (χ2n) is 7.25. The molecule has 0 bridgehead atoms. The molecule has 0 saturated heterocycles. The summed E-state index contributed by atoms with van der Waals surface area (Å²) in [6.07, 6.45) is 2.92. The van der Waals surface area contributed by atoms with E-state index in [1.165, 1.54) is 28.0 Å². The summed E-state index contributed by atoms with van der Waals surface area (Å²) in [5, 5.41) is 1.93. The number of benzene rings is 1. The molecule has 1 aromatic rings. The standard InChI is InChI=1S/C20H31NS2.C3H6/c1-8-15(3)16(4)19(22-9-2)18-12-10-17(11-13-18)14-21-23-20(5,6)7;1-3-2/h9-13,15,21H,2,8,14H2,1,3-7H3;3H,1H2,2H3/b19-16-;. The normalized spacial score (nSPS) is 13.2. The summed E-state index contributed by atoms with van der Waals surface area (Å²) < 4.78 is 3.69. The van der Waals surface area contributed by atoms with Gasteiger partial charge in [-0.15, -0.1) is 6.58 Å². The molecular weight excluding hydrogens is 354 g/mol. The van der Waals surface area contributed by atoms with Gasteiger partial charge in [0.1, 0.15) is 0 Å². The molecule has 0 saturated carbocycles. The van der Waals surface area contributed by atoms with Crippen LogP contribution >= 0.6 is 23.7 Å². The van der Waals surface area contributed by atoms with Crippen molar-refractivity contribution in [3.8, 4) is 0 Å². The second-order valence-corrected chi connectivity index (χ2v) is 9.94. The Labute approximate surface area is 171 Å². The maximum atomic E-state index is 3.89. The molecule has 0 aromatic heterocycles. The molecule has 1 atom stereocenters. The number of nitrogens with one attached hydrogen (secondary N) is 1. The molecule has 1 rings (SSSR count). The quantitative estimate of drug-likeness (QED) is 0.355. The summed E-state index contributed by atoms with van der Waals surface area (Å²) in [6, 6.07) is 8.91. The van der Waals surface area contributed by atoms with E-state index in [-0.39, 0.29) is 4.75 Å². The largest absolute Gasteiger partial charge is 0.259 e. The van der Waals surface area contributed by atoms with Crippen molar-refractivity contribution >= 4 is 28.6 Å². The van der Waals surface area contributed by atoms with Gasteiger partial charge in [-0.05, 0) is 63.5 Å². The van der Waals surface area contributed by atoms with Gasteiger partial charge in [0, 0.05) is 16.2 Å². The molecule has 146 valence electrons. The van der Waals surface area contributed by atoms with E-state index in [9.17, 15) is 0 Å². The molecular formula is C23H37NS2. The summed E-state index contributed by atoms with van der Waals surface area (Å²) in [4.78, 5) is 1.35. The first kappa shape index (κ1) is 25.1. The summed E-state index contributed by atoms with van der Waals surface area (Å²) in [5.74, 6) is 0.599. The summed E-state index contributed by atoms with van der Waals surface area (Å²) in [5.41, 5.74) is 4.06. The van der Waals surface area contributed by atoms with Gasteiger partial charge in [0.25, 0.3) is 0 Å². The number of rotatable bonds is 8. The molecule has 3 heteroatoms. The van der Waals surface area contributed by atoms with Gasteiger partial charge in [-0.3, -0.25) is 4.72 Å². The third-order valence-corrected chi connectivity index (χ3v) is 5.64. The highest BCUT2D eigenvalue weighted by atomic mass is 32.2. The highest BCUT2D eigenvalue weighted by molar-refractivity contribution is 8.10. The minimum Gasteiger partial charge on any atom is -0.259 e. The minimum absolute atomic E-state index is 0.240. The summed E-state index contributed by atoms with van der Waals surface area (Å²) in [6.45, 7) is 23.5. The van der Waals surface area contributed by atoms with E-state index in [0.717, 1.165) is 6.54 Å². The topological polar surface area (TPSA) is 12.0 Å². The van der Waals surface area contributed by atoms with Gasteiger partial charge >= 0.3 is 0 Å². The van der Waals surface area contributed by atoms with Gasteiger partial charge in [0.2, 0.25) is 0 Å². The van der Waals surface area contributed by atoms with Gasteiger partial charge in [-0.25, -0.2) is 0 Å². The van der Waals surface area contributed by atoms with Crippen molar-refractivity contribution < 1.29 is 0 Å². The van der Waals surface area contributed by atoms with Gasteiger partial charge in [0.05, 0.1) is 0 Å². The molecule has 0 aliphatic carbocycles. The zero-order valence-electron chi connectivity index (χ0n) is 17.7. The number of hydrogen-bond donors (Lipinski definition) is 1. The van der Waals surface area contributed by atoms with E-state index in [2.05, 4.69) is 83.7 Å². The zero-order valence-corrected chi connectivity index (χ0v) is 19.3. The lowest BCUT2D eigenvalue weighted by Crippen LogP contribution is -2.16. The summed E-state index contributed by atoms with van der Waals surface area (Å²) in [7, 11) is 0. The number of hydrogen-bond acceptors (Lipinski definition) is 3. The predicted octanol–water partition coefficient (Wildman–Crippen LogP) is 8.07. The molecule has 0 aliphatic heterocycles. The summed E-state index contributed by atoms with van der Waals surface area (Å²) >= 11 is 3.51. The van der Waals surface area contributed by atoms with Gasteiger partial charge in [0.15, 0.2) is 0 Å². The Morgan fingerprint density at radius 3 is 2.15 bits per heavy atom. The van der Waals surface area contributed by atoms with Crippen molar-refractivity contribution in [3.63, 3.8) is 0 Å². The Balaban J connectivity index is 0.00000194. The minimum atomic E-state index is 0.240. The Morgan fingerprint density at radius 2 is 1.73 bits per heavy atom. The van der Waals surface area contributed by atoms with Gasteiger partial charge < -0.3 is 0 Å². The van der Waals surface area contributed by atoms with E-state index in [4.69, 9.17) is 0 Å². The fraction of sp³-hybridized carbons (Fsp3) is 0.478. The monoisotopic (exact) mass is 391 g/mol. The maximum absolute atomic E-state index is 3.89. The lowest BCUT2D eigenvalue weighted by Gasteiger charge is -2.18. The third-order valence-electron chi connectivity index (χ3n) is 3.78. The fourth-order valence-corrected chi connectivity index (χ4v) is 3.61. The van der Waals surface area contributed by atoms with E-state index in [1.54, 1.807) is 29.8 Å². The lowest BCUT2D eigenvalue weighted by molar-refractivity contribution is 0.659. The average Bonchev–Trinajstić information content (AvgIpc) is 2.59. The van der Waals surface area contributed by atoms with Crippen molar-refractivity contribution in [1.82, 2.24) is 4.72 Å². The Kier molecular flexibility index (Phi) is 12.8. The highest BCUT2D eigenvalue weighted by Gasteiger charge is 2.12. The Bertz CT molecular complexity index is 565. The van der Waals surface area contributed by atoms with Crippen molar-refractivity contribution in [2.24, 2.45) is 5.92 Å². The van der Waals surface area contributed by atoms with Gasteiger partial charge in [-0.2, -0.15) is 0 Å². The Morgan fingerprint density at radius 1 is 1.19 bits per heavy atom. The van der Waals surface area contributed by atoms with Crippen LogP contribution in [0.25, 0.3) is 4.91 Å². The molecule has 1 unspecified atom stereocenters.